The van der Waals surface area contributed by atoms with Crippen LogP contribution in [0.15, 0.2) is 28.0 Å². The first-order valence-corrected chi connectivity index (χ1v) is 12.8. The summed E-state index contributed by atoms with van der Waals surface area (Å²) in [5.74, 6) is 0.382. The molecular weight excluding hydrogens is 472 g/mol. The number of ether oxygens (including phenoxy) is 2. The van der Waals surface area contributed by atoms with Gasteiger partial charge in [-0.05, 0) is 51.8 Å². The maximum Gasteiger partial charge on any atom is 0.267 e. The molecule has 2 aliphatic rings. The number of carbonyl (C=O) groups excluding carboxylic acids is 1. The topological polar surface area (TPSA) is 76.4 Å². The van der Waals surface area contributed by atoms with Crippen LogP contribution in [0.1, 0.15) is 38.3 Å². The molecule has 0 aromatic carbocycles. The summed E-state index contributed by atoms with van der Waals surface area (Å²) >= 11 is 6.69. The van der Waals surface area contributed by atoms with Crippen LogP contribution in [0.4, 0.5) is 5.82 Å². The Morgan fingerprint density at radius 2 is 2.00 bits per heavy atom. The molecule has 1 amide bonds. The second-order valence-electron chi connectivity index (χ2n) is 8.64. The fourth-order valence-corrected chi connectivity index (χ4v) is 5.55. The van der Waals surface area contributed by atoms with Gasteiger partial charge in [0, 0.05) is 39.0 Å². The largest absolute Gasteiger partial charge is 0.382 e. The monoisotopic (exact) mass is 502 g/mol. The predicted octanol–water partition coefficient (Wildman–Crippen LogP) is 3.24. The summed E-state index contributed by atoms with van der Waals surface area (Å²) in [5, 5.41) is 0. The lowest BCUT2D eigenvalue weighted by atomic mass is 10.1. The molecule has 2 fully saturated rings. The zero-order valence-electron chi connectivity index (χ0n) is 19.9. The Labute approximate surface area is 208 Å². The number of thioether (sulfide) groups is 1. The number of nitrogens with zero attached hydrogens (tertiary/aromatic N) is 4. The third kappa shape index (κ3) is 5.19. The molecule has 0 N–H and O–H groups in total. The molecule has 4 rings (SSSR count). The van der Waals surface area contributed by atoms with Gasteiger partial charge in [0.15, 0.2) is 0 Å². The second-order valence-corrected chi connectivity index (χ2v) is 10.3. The Kier molecular flexibility index (Phi) is 7.71. The summed E-state index contributed by atoms with van der Waals surface area (Å²) in [7, 11) is 0. The van der Waals surface area contributed by atoms with E-state index in [0.717, 1.165) is 5.56 Å². The van der Waals surface area contributed by atoms with Gasteiger partial charge in [-0.2, -0.15) is 0 Å². The number of hydrogen-bond donors (Lipinski definition) is 0. The maximum atomic E-state index is 13.6. The zero-order valence-corrected chi connectivity index (χ0v) is 21.6. The Bertz CT molecular complexity index is 1190. The van der Waals surface area contributed by atoms with Crippen LogP contribution in [-0.4, -0.2) is 69.6 Å². The lowest BCUT2D eigenvalue weighted by Gasteiger charge is -2.36. The summed E-state index contributed by atoms with van der Waals surface area (Å²) in [4.78, 5) is 35.7. The van der Waals surface area contributed by atoms with Gasteiger partial charge in [-0.25, -0.2) is 4.98 Å². The van der Waals surface area contributed by atoms with Gasteiger partial charge in [0.1, 0.15) is 15.8 Å². The van der Waals surface area contributed by atoms with Crippen molar-refractivity contribution in [3.05, 3.63) is 44.7 Å². The molecular formula is C24H30N4O4S2. The molecule has 2 atom stereocenters. The van der Waals surface area contributed by atoms with Crippen molar-refractivity contribution in [3.8, 4) is 0 Å². The van der Waals surface area contributed by atoms with Crippen molar-refractivity contribution in [2.45, 2.75) is 46.3 Å². The van der Waals surface area contributed by atoms with Gasteiger partial charge in [-0.3, -0.25) is 18.9 Å². The number of aromatic nitrogens is 2. The van der Waals surface area contributed by atoms with Crippen LogP contribution >= 0.6 is 24.0 Å². The van der Waals surface area contributed by atoms with Crippen molar-refractivity contribution in [1.82, 2.24) is 14.3 Å². The number of rotatable bonds is 7. The fourth-order valence-electron chi connectivity index (χ4n) is 4.26. The van der Waals surface area contributed by atoms with Crippen LogP contribution in [0.2, 0.25) is 0 Å². The third-order valence-corrected chi connectivity index (χ3v) is 7.11. The van der Waals surface area contributed by atoms with Crippen LogP contribution in [0.5, 0.6) is 0 Å². The predicted molar refractivity (Wildman–Crippen MR) is 139 cm³/mol. The molecule has 182 valence electrons. The van der Waals surface area contributed by atoms with Crippen LogP contribution in [0, 0.1) is 6.92 Å². The van der Waals surface area contributed by atoms with Gasteiger partial charge in [0.25, 0.3) is 11.5 Å². The molecule has 0 saturated carbocycles. The van der Waals surface area contributed by atoms with E-state index in [0.29, 0.717) is 65.5 Å². The molecule has 0 spiro atoms. The smallest absolute Gasteiger partial charge is 0.267 e. The highest BCUT2D eigenvalue weighted by Gasteiger charge is 2.33. The Hall–Kier alpha value is -2.27. The van der Waals surface area contributed by atoms with Gasteiger partial charge in [-0.1, -0.05) is 30.0 Å². The van der Waals surface area contributed by atoms with Crippen molar-refractivity contribution in [1.29, 1.82) is 0 Å². The lowest BCUT2D eigenvalue weighted by molar-refractivity contribution is -0.122. The highest BCUT2D eigenvalue weighted by atomic mass is 32.2. The maximum absolute atomic E-state index is 13.6. The van der Waals surface area contributed by atoms with E-state index >= 15 is 0 Å². The first kappa shape index (κ1) is 24.8. The number of thiocarbonyl (C=S) groups is 1. The Balaban J connectivity index is 1.75. The Morgan fingerprint density at radius 3 is 2.71 bits per heavy atom. The van der Waals surface area contributed by atoms with E-state index in [4.69, 9.17) is 26.7 Å². The highest BCUT2D eigenvalue weighted by Crippen LogP contribution is 2.34. The minimum absolute atomic E-state index is 0.00146. The van der Waals surface area contributed by atoms with Gasteiger partial charge in [0.2, 0.25) is 0 Å². The van der Waals surface area contributed by atoms with E-state index in [1.807, 2.05) is 39.8 Å². The number of morpholine rings is 1. The van der Waals surface area contributed by atoms with E-state index in [2.05, 4.69) is 4.90 Å². The third-order valence-electron chi connectivity index (χ3n) is 5.73. The molecule has 2 saturated heterocycles. The number of amides is 1. The van der Waals surface area contributed by atoms with Crippen molar-refractivity contribution in [3.63, 3.8) is 0 Å². The summed E-state index contributed by atoms with van der Waals surface area (Å²) in [5.41, 5.74) is 1.69. The average Bonchev–Trinajstić information content (AvgIpc) is 3.05. The number of hydrogen-bond acceptors (Lipinski definition) is 8. The van der Waals surface area contributed by atoms with E-state index in [1.165, 1.54) is 11.8 Å². The Morgan fingerprint density at radius 1 is 1.26 bits per heavy atom. The standard InChI is InChI=1S/C24H30N4O4S2/c1-5-31-10-6-9-27-23(30)19(34-24(27)33)11-18-21(26-13-16(3)32-17(4)14-26)25-20-8-7-15(2)12-28(20)22(18)29/h7-8,11-12,16-17H,5-6,9-10,13-14H2,1-4H3/b19-11+. The van der Waals surface area contributed by atoms with Gasteiger partial charge < -0.3 is 14.4 Å². The number of aryl methyl sites for hydroxylation is 1. The molecule has 0 bridgehead atoms. The molecule has 2 aromatic heterocycles. The van der Waals surface area contributed by atoms with Gasteiger partial charge in [0.05, 0.1) is 22.7 Å². The summed E-state index contributed by atoms with van der Waals surface area (Å²) < 4.78 is 13.3. The SMILES string of the molecule is CCOCCCN1C(=O)/C(=C\c2c(N3CC(C)OC(C)C3)nc3ccc(C)cn3c2=O)SC1=S. The number of fused-ring (bicyclic) bond motifs is 1. The highest BCUT2D eigenvalue weighted by molar-refractivity contribution is 8.26. The molecule has 8 nitrogen and oxygen atoms in total. The van der Waals surface area contributed by atoms with E-state index in [1.54, 1.807) is 21.6 Å². The lowest BCUT2D eigenvalue weighted by Crippen LogP contribution is -2.46. The molecule has 2 unspecified atom stereocenters. The van der Waals surface area contributed by atoms with Crippen molar-refractivity contribution in [2.75, 3.05) is 37.7 Å². The molecule has 34 heavy (non-hydrogen) atoms. The zero-order chi connectivity index (χ0) is 24.4. The quantitative estimate of drug-likeness (QED) is 0.325. The molecule has 0 radical (unpaired) electrons. The van der Waals surface area contributed by atoms with Gasteiger partial charge in [-0.15, -0.1) is 0 Å². The van der Waals surface area contributed by atoms with Crippen molar-refractivity contribution < 1.29 is 14.3 Å². The molecule has 2 aliphatic heterocycles. The molecule has 10 heteroatoms. The van der Waals surface area contributed by atoms with E-state index in [9.17, 15) is 9.59 Å². The summed E-state index contributed by atoms with van der Waals surface area (Å²) in [6, 6.07) is 3.78. The summed E-state index contributed by atoms with van der Waals surface area (Å²) in [6.45, 7) is 10.8. The van der Waals surface area contributed by atoms with Crippen LogP contribution in [0.25, 0.3) is 11.7 Å². The normalized spacial score (nSPS) is 22.4. The summed E-state index contributed by atoms with van der Waals surface area (Å²) in [6.07, 6.45) is 4.13. The van der Waals surface area contributed by atoms with Gasteiger partial charge >= 0.3 is 0 Å². The average molecular weight is 503 g/mol. The number of anilines is 1. The number of carbonyl (C=O) groups is 1. The van der Waals surface area contributed by atoms with E-state index in [-0.39, 0.29) is 23.7 Å². The molecule has 2 aromatic rings. The van der Waals surface area contributed by atoms with Crippen LogP contribution in [-0.2, 0) is 14.3 Å². The number of pyridine rings is 1. The van der Waals surface area contributed by atoms with Crippen molar-refractivity contribution >= 4 is 51.7 Å². The molecule has 4 heterocycles. The minimum atomic E-state index is -0.211. The fraction of sp³-hybridized carbons (Fsp3) is 0.500. The van der Waals surface area contributed by atoms with E-state index < -0.39 is 0 Å². The first-order valence-electron chi connectivity index (χ1n) is 11.5. The second kappa shape index (κ2) is 10.6. The van der Waals surface area contributed by atoms with Crippen molar-refractivity contribution in [2.24, 2.45) is 0 Å². The van der Waals surface area contributed by atoms with Crippen LogP contribution < -0.4 is 10.5 Å². The first-order chi connectivity index (χ1) is 16.3. The van der Waals surface area contributed by atoms with Crippen LogP contribution in [0.3, 0.4) is 0 Å². The molecule has 0 aliphatic carbocycles. The minimum Gasteiger partial charge on any atom is -0.382 e.